The fourth-order valence-electron chi connectivity index (χ4n) is 4.33. The first-order valence-corrected chi connectivity index (χ1v) is 12.5. The molecule has 4 aromatic rings. The summed E-state index contributed by atoms with van der Waals surface area (Å²) in [5, 5.41) is 3.20. The second kappa shape index (κ2) is 8.69. The van der Waals surface area contributed by atoms with E-state index in [0.717, 1.165) is 6.07 Å². The fourth-order valence-corrected chi connectivity index (χ4v) is 5.15. The van der Waals surface area contributed by atoms with E-state index in [1.54, 1.807) is 0 Å². The van der Waals surface area contributed by atoms with E-state index >= 15 is 8.78 Å². The molecule has 0 fully saturated rings. The lowest BCUT2D eigenvalue weighted by Gasteiger charge is -2.19. The van der Waals surface area contributed by atoms with Crippen molar-refractivity contribution < 1.29 is 43.7 Å². The minimum Gasteiger partial charge on any atom is -0.354 e. The maximum atomic E-state index is 15.1. The van der Waals surface area contributed by atoms with Gasteiger partial charge in [0.25, 0.3) is 6.43 Å². The number of hydrogen-bond donors (Lipinski definition) is 1. The molecule has 16 heteroatoms. The van der Waals surface area contributed by atoms with Gasteiger partial charge in [0.15, 0.2) is 11.4 Å². The van der Waals surface area contributed by atoms with Crippen molar-refractivity contribution in [2.24, 2.45) is 0 Å². The molecule has 0 bridgehead atoms. The first kappa shape index (κ1) is 26.0. The van der Waals surface area contributed by atoms with E-state index in [-0.39, 0.29) is 0 Å². The fraction of sp³-hybridized carbons (Fsp3) is 0.273. The predicted molar refractivity (Wildman–Crippen MR) is 118 cm³/mol. The van der Waals surface area contributed by atoms with Crippen molar-refractivity contribution in [2.75, 3.05) is 5.75 Å². The van der Waals surface area contributed by atoms with Gasteiger partial charge >= 0.3 is 11.6 Å². The highest BCUT2D eigenvalue weighted by molar-refractivity contribution is 7.89. The first-order valence-electron chi connectivity index (χ1n) is 10.8. The maximum absolute atomic E-state index is 15.1. The Balaban J connectivity index is 1.72. The van der Waals surface area contributed by atoms with Gasteiger partial charge in [-0.2, -0.15) is 8.78 Å². The lowest BCUT2D eigenvalue weighted by atomic mass is 9.97. The van der Waals surface area contributed by atoms with Crippen LogP contribution in [0.2, 0.25) is 0 Å². The summed E-state index contributed by atoms with van der Waals surface area (Å²) in [6.07, 6.45) is -2.50. The molecule has 0 radical (unpaired) electrons. The van der Waals surface area contributed by atoms with Crippen LogP contribution in [0.15, 0.2) is 39.8 Å². The Hall–Kier alpha value is -3.66. The van der Waals surface area contributed by atoms with Crippen LogP contribution in [-0.4, -0.2) is 34.5 Å². The third kappa shape index (κ3) is 3.98. The van der Waals surface area contributed by atoms with Crippen molar-refractivity contribution in [3.63, 3.8) is 0 Å². The van der Waals surface area contributed by atoms with Gasteiger partial charge < -0.3 is 4.52 Å². The summed E-state index contributed by atoms with van der Waals surface area (Å²) in [4.78, 5) is 13.1. The molecule has 38 heavy (non-hydrogen) atoms. The Morgan fingerprint density at radius 1 is 1.16 bits per heavy atom. The molecule has 202 valence electrons. The quantitative estimate of drug-likeness (QED) is 0.354. The Labute approximate surface area is 208 Å². The van der Waals surface area contributed by atoms with Crippen molar-refractivity contribution in [1.29, 1.82) is 0 Å². The maximum Gasteiger partial charge on any atom is 0.334 e. The molecule has 8 nitrogen and oxygen atoms in total. The number of benzene rings is 2. The lowest BCUT2D eigenvalue weighted by Crippen LogP contribution is -2.45. The van der Waals surface area contributed by atoms with E-state index in [4.69, 9.17) is 4.52 Å². The molecule has 0 aliphatic carbocycles. The number of nitrogens with one attached hydrogen (secondary N) is 1. The number of imidazole rings is 1. The average molecular weight is 564 g/mol. The molecule has 0 saturated carbocycles. The van der Waals surface area contributed by atoms with Crippen molar-refractivity contribution in [3.8, 4) is 16.9 Å². The van der Waals surface area contributed by atoms with Gasteiger partial charge in [0.05, 0.1) is 23.2 Å². The number of halogens is 7. The first-order chi connectivity index (χ1) is 17.7. The number of alkyl halides is 4. The van der Waals surface area contributed by atoms with E-state index in [0.29, 0.717) is 33.5 Å². The number of sulfonamides is 1. The van der Waals surface area contributed by atoms with Gasteiger partial charge in [0, 0.05) is 29.5 Å². The molecule has 5 rings (SSSR count). The summed E-state index contributed by atoms with van der Waals surface area (Å²) in [6, 6.07) is 0.128. The van der Waals surface area contributed by atoms with Gasteiger partial charge in [-0.05, 0) is 19.1 Å². The standard InChI is InChI=1S/C22H15F7N4O4S/c1-2-38(35,36)31-15-7-32-16(22(15,28)29)8-33(21(32)34)20-18-11(17-12(24)5-10(23)6-13(17)25)3-9(19(26)27)4-14(18)37-30-20/h3-6,8,15,19,31H,2,7H2,1H3/t15-/m1/s1. The minimum absolute atomic E-state index is 0.309. The molecule has 0 amide bonds. The monoisotopic (exact) mass is 564 g/mol. The molecule has 0 spiro atoms. The van der Waals surface area contributed by atoms with Crippen LogP contribution < -0.4 is 10.4 Å². The van der Waals surface area contributed by atoms with E-state index < -0.39 is 103 Å². The molecule has 1 atom stereocenters. The molecule has 1 aliphatic heterocycles. The van der Waals surface area contributed by atoms with Crippen LogP contribution in [0, 0.1) is 17.5 Å². The summed E-state index contributed by atoms with van der Waals surface area (Å²) < 4.78 is 132. The molecule has 0 unspecified atom stereocenters. The molecule has 0 saturated heterocycles. The normalized spacial score (nSPS) is 17.0. The third-order valence-corrected chi connectivity index (χ3v) is 7.56. The molecule has 2 aromatic heterocycles. The van der Waals surface area contributed by atoms with Crippen LogP contribution in [0.25, 0.3) is 27.9 Å². The number of rotatable bonds is 6. The van der Waals surface area contributed by atoms with Gasteiger partial charge in [-0.1, -0.05) is 5.16 Å². The van der Waals surface area contributed by atoms with Gasteiger partial charge in [-0.3, -0.25) is 4.57 Å². The summed E-state index contributed by atoms with van der Waals surface area (Å²) >= 11 is 0. The number of nitrogens with zero attached hydrogens (tertiary/aromatic N) is 3. The molecule has 1 N–H and O–H groups in total. The largest absolute Gasteiger partial charge is 0.354 e. The Kier molecular flexibility index (Phi) is 5.94. The number of aromatic nitrogens is 3. The minimum atomic E-state index is -4.06. The zero-order valence-corrected chi connectivity index (χ0v) is 19.8. The van der Waals surface area contributed by atoms with Crippen molar-refractivity contribution in [1.82, 2.24) is 19.0 Å². The zero-order chi connectivity index (χ0) is 27.7. The predicted octanol–water partition coefficient (Wildman–Crippen LogP) is 4.22. The third-order valence-electron chi connectivity index (χ3n) is 6.16. The van der Waals surface area contributed by atoms with Crippen LogP contribution in [0.4, 0.5) is 30.7 Å². The molecule has 1 aliphatic rings. The Bertz CT molecular complexity index is 1740. The Morgan fingerprint density at radius 3 is 2.39 bits per heavy atom. The van der Waals surface area contributed by atoms with Gasteiger partial charge in [-0.25, -0.2) is 44.5 Å². The Morgan fingerprint density at radius 2 is 1.82 bits per heavy atom. The summed E-state index contributed by atoms with van der Waals surface area (Å²) in [6.45, 7) is 0.481. The van der Waals surface area contributed by atoms with Crippen LogP contribution in [0.5, 0.6) is 0 Å². The molecular weight excluding hydrogens is 549 g/mol. The van der Waals surface area contributed by atoms with Crippen LogP contribution in [-0.2, 0) is 22.5 Å². The van der Waals surface area contributed by atoms with Crippen molar-refractivity contribution >= 4 is 21.0 Å². The van der Waals surface area contributed by atoms with E-state index in [1.807, 2.05) is 4.72 Å². The number of hydrogen-bond acceptors (Lipinski definition) is 5. The lowest BCUT2D eigenvalue weighted by molar-refractivity contribution is -0.0248. The van der Waals surface area contributed by atoms with Crippen LogP contribution in [0.3, 0.4) is 0 Å². The summed E-state index contributed by atoms with van der Waals surface area (Å²) in [5.74, 6) is -9.12. The van der Waals surface area contributed by atoms with Gasteiger partial charge in [0.2, 0.25) is 10.0 Å². The van der Waals surface area contributed by atoms with Crippen molar-refractivity contribution in [2.45, 2.75) is 31.9 Å². The molecule has 3 heterocycles. The second-order valence-electron chi connectivity index (χ2n) is 8.47. The molecule has 2 aromatic carbocycles. The zero-order valence-electron chi connectivity index (χ0n) is 19.0. The van der Waals surface area contributed by atoms with Crippen LogP contribution in [0.1, 0.15) is 24.6 Å². The second-order valence-corrected chi connectivity index (χ2v) is 10.5. The van der Waals surface area contributed by atoms with E-state index in [1.165, 1.54) is 6.92 Å². The number of fused-ring (bicyclic) bond motifs is 2. The molecular formula is C22H15F7N4O4S. The summed E-state index contributed by atoms with van der Waals surface area (Å²) in [5.41, 5.74) is -4.79. The average Bonchev–Trinajstić information content (AvgIpc) is 3.45. The highest BCUT2D eigenvalue weighted by atomic mass is 32.2. The van der Waals surface area contributed by atoms with E-state index in [2.05, 4.69) is 5.16 Å². The highest BCUT2D eigenvalue weighted by Crippen LogP contribution is 2.41. The summed E-state index contributed by atoms with van der Waals surface area (Å²) in [7, 11) is -4.06. The smallest absolute Gasteiger partial charge is 0.334 e. The van der Waals surface area contributed by atoms with E-state index in [9.17, 15) is 35.2 Å². The highest BCUT2D eigenvalue weighted by Gasteiger charge is 2.52. The topological polar surface area (TPSA) is 99.1 Å². The van der Waals surface area contributed by atoms with Crippen molar-refractivity contribution in [3.05, 3.63) is 69.7 Å². The van der Waals surface area contributed by atoms with Gasteiger partial charge in [-0.15, -0.1) is 0 Å². The van der Waals surface area contributed by atoms with Crippen LogP contribution >= 0.6 is 0 Å². The van der Waals surface area contributed by atoms with Gasteiger partial charge in [0.1, 0.15) is 29.2 Å². The SMILES string of the molecule is CCS(=O)(=O)N[C@@H]1Cn2c(cn(-c3noc4cc(C(F)F)cc(-c5c(F)cc(F)cc5F)c34)c2=O)C1(F)F.